The third-order valence-corrected chi connectivity index (χ3v) is 3.51. The Morgan fingerprint density at radius 2 is 2.00 bits per heavy atom. The van der Waals surface area contributed by atoms with E-state index in [9.17, 15) is 4.79 Å². The Kier molecular flexibility index (Phi) is 6.04. The first-order valence-electron chi connectivity index (χ1n) is 7.16. The van der Waals surface area contributed by atoms with Crippen LogP contribution in [-0.4, -0.2) is 12.6 Å². The molecule has 0 saturated carbocycles. The first-order chi connectivity index (χ1) is 10.6. The number of hydrogen-bond acceptors (Lipinski definition) is 1. The molecule has 4 heteroatoms. The van der Waals surface area contributed by atoms with E-state index in [4.69, 9.17) is 11.6 Å². The molecule has 0 spiro atoms. The van der Waals surface area contributed by atoms with Crippen LogP contribution in [0.5, 0.6) is 0 Å². The summed E-state index contributed by atoms with van der Waals surface area (Å²) in [6.45, 7) is 2.65. The van der Waals surface area contributed by atoms with Crippen molar-refractivity contribution >= 4 is 23.7 Å². The summed E-state index contributed by atoms with van der Waals surface area (Å²) >= 11 is 6.02. The molecular weight excluding hydrogens is 296 g/mol. The quantitative estimate of drug-likeness (QED) is 0.854. The number of halogens is 1. The van der Waals surface area contributed by atoms with Crippen LogP contribution < -0.4 is 10.6 Å². The second kappa shape index (κ2) is 8.25. The molecule has 0 aliphatic heterocycles. The Morgan fingerprint density at radius 1 is 1.18 bits per heavy atom. The average molecular weight is 315 g/mol. The lowest BCUT2D eigenvalue weighted by Gasteiger charge is -2.05. The number of hydrogen-bond donors (Lipinski definition) is 2. The third kappa shape index (κ3) is 5.26. The van der Waals surface area contributed by atoms with Gasteiger partial charge >= 0.3 is 6.03 Å². The highest BCUT2D eigenvalue weighted by Crippen LogP contribution is 2.15. The van der Waals surface area contributed by atoms with Crippen molar-refractivity contribution in [1.82, 2.24) is 10.6 Å². The molecule has 0 radical (unpaired) electrons. The predicted molar refractivity (Wildman–Crippen MR) is 91.9 cm³/mol. The first-order valence-corrected chi connectivity index (χ1v) is 7.54. The van der Waals surface area contributed by atoms with Crippen molar-refractivity contribution in [3.63, 3.8) is 0 Å². The van der Waals surface area contributed by atoms with Gasteiger partial charge in [0.2, 0.25) is 0 Å². The van der Waals surface area contributed by atoms with Crippen molar-refractivity contribution in [2.45, 2.75) is 13.3 Å². The lowest BCUT2D eigenvalue weighted by molar-refractivity contribution is 0.244. The smallest absolute Gasteiger partial charge is 0.318 e. The van der Waals surface area contributed by atoms with Crippen LogP contribution in [0.15, 0.2) is 54.7 Å². The molecule has 0 bridgehead atoms. The van der Waals surface area contributed by atoms with Gasteiger partial charge in [-0.05, 0) is 36.6 Å². The molecule has 2 N–H and O–H groups in total. The van der Waals surface area contributed by atoms with E-state index in [1.165, 1.54) is 11.1 Å². The molecule has 2 amide bonds. The van der Waals surface area contributed by atoms with Gasteiger partial charge in [0, 0.05) is 17.8 Å². The fourth-order valence-corrected chi connectivity index (χ4v) is 2.26. The van der Waals surface area contributed by atoms with Gasteiger partial charge in [0.05, 0.1) is 0 Å². The van der Waals surface area contributed by atoms with Gasteiger partial charge in [0.25, 0.3) is 0 Å². The fraction of sp³-hybridized carbons (Fsp3) is 0.167. The van der Waals surface area contributed by atoms with E-state index in [2.05, 4.69) is 35.8 Å². The first kappa shape index (κ1) is 16.1. The topological polar surface area (TPSA) is 41.1 Å². The molecule has 3 nitrogen and oxygen atoms in total. The van der Waals surface area contributed by atoms with Crippen LogP contribution in [-0.2, 0) is 6.42 Å². The Hall–Kier alpha value is -2.26. The van der Waals surface area contributed by atoms with Gasteiger partial charge in [-0.1, -0.05) is 59.6 Å². The third-order valence-electron chi connectivity index (χ3n) is 3.16. The van der Waals surface area contributed by atoms with Gasteiger partial charge in [-0.2, -0.15) is 0 Å². The van der Waals surface area contributed by atoms with Gasteiger partial charge < -0.3 is 10.6 Å². The number of urea groups is 1. The summed E-state index contributed by atoms with van der Waals surface area (Å²) in [5.41, 5.74) is 3.31. The lowest BCUT2D eigenvalue weighted by Crippen LogP contribution is -2.33. The average Bonchev–Trinajstić information content (AvgIpc) is 2.49. The van der Waals surface area contributed by atoms with Crippen molar-refractivity contribution in [2.75, 3.05) is 6.54 Å². The van der Waals surface area contributed by atoms with E-state index < -0.39 is 0 Å². The SMILES string of the molecule is Cc1cccc(CCNC(=O)N/C=C/c2ccccc2Cl)c1. The number of carbonyl (C=O) groups excluding carboxylic acids is 1. The van der Waals surface area contributed by atoms with Crippen LogP contribution in [0.1, 0.15) is 16.7 Å². The second-order valence-electron chi connectivity index (χ2n) is 4.99. The molecule has 0 atom stereocenters. The molecule has 2 aromatic carbocycles. The number of aryl methyl sites for hydroxylation is 1. The van der Waals surface area contributed by atoms with Crippen LogP contribution in [0.25, 0.3) is 6.08 Å². The molecular formula is C18H19ClN2O. The van der Waals surface area contributed by atoms with E-state index in [0.717, 1.165) is 12.0 Å². The molecule has 22 heavy (non-hydrogen) atoms. The highest BCUT2D eigenvalue weighted by molar-refractivity contribution is 6.32. The summed E-state index contributed by atoms with van der Waals surface area (Å²) in [5.74, 6) is 0. The van der Waals surface area contributed by atoms with Crippen LogP contribution in [0, 0.1) is 6.92 Å². The molecule has 114 valence electrons. The van der Waals surface area contributed by atoms with Crippen molar-refractivity contribution < 1.29 is 4.79 Å². The fourth-order valence-electron chi connectivity index (χ4n) is 2.06. The van der Waals surface area contributed by atoms with Crippen molar-refractivity contribution in [2.24, 2.45) is 0 Å². The zero-order valence-corrected chi connectivity index (χ0v) is 13.2. The largest absolute Gasteiger partial charge is 0.338 e. The number of amides is 2. The lowest BCUT2D eigenvalue weighted by atomic mass is 10.1. The molecule has 2 aromatic rings. The maximum absolute atomic E-state index is 11.7. The number of nitrogens with one attached hydrogen (secondary N) is 2. The monoisotopic (exact) mass is 314 g/mol. The molecule has 0 fully saturated rings. The Balaban J connectivity index is 1.73. The molecule has 0 unspecified atom stereocenters. The predicted octanol–water partition coefficient (Wildman–Crippen LogP) is 4.16. The van der Waals surface area contributed by atoms with Gasteiger partial charge in [-0.25, -0.2) is 4.79 Å². The molecule has 0 aliphatic rings. The van der Waals surface area contributed by atoms with E-state index in [0.29, 0.717) is 11.6 Å². The minimum Gasteiger partial charge on any atom is -0.338 e. The van der Waals surface area contributed by atoms with Gasteiger partial charge in [0.1, 0.15) is 0 Å². The highest BCUT2D eigenvalue weighted by Gasteiger charge is 1.98. The van der Waals surface area contributed by atoms with Crippen molar-refractivity contribution in [1.29, 1.82) is 0 Å². The summed E-state index contributed by atoms with van der Waals surface area (Å²) in [7, 11) is 0. The van der Waals surface area contributed by atoms with Crippen molar-refractivity contribution in [3.8, 4) is 0 Å². The standard InChI is InChI=1S/C18H19ClN2O/c1-14-5-4-6-15(13-14)9-11-20-18(22)21-12-10-16-7-2-3-8-17(16)19/h2-8,10,12-13H,9,11H2,1H3,(H2,20,21,22)/b12-10+. The number of benzene rings is 2. The van der Waals surface area contributed by atoms with Crippen LogP contribution in [0.2, 0.25) is 5.02 Å². The molecule has 0 aliphatic carbocycles. The van der Waals surface area contributed by atoms with Crippen LogP contribution in [0.3, 0.4) is 0 Å². The summed E-state index contributed by atoms with van der Waals surface area (Å²) in [6, 6.07) is 15.5. The summed E-state index contributed by atoms with van der Waals surface area (Å²) in [6.07, 6.45) is 4.16. The molecule has 2 rings (SSSR count). The summed E-state index contributed by atoms with van der Waals surface area (Å²) < 4.78 is 0. The molecule has 0 saturated heterocycles. The summed E-state index contributed by atoms with van der Waals surface area (Å²) in [5, 5.41) is 6.14. The van der Waals surface area contributed by atoms with E-state index in [1.54, 1.807) is 12.3 Å². The Labute approximate surface area is 136 Å². The van der Waals surface area contributed by atoms with E-state index >= 15 is 0 Å². The van der Waals surface area contributed by atoms with Gasteiger partial charge in [-0.3, -0.25) is 0 Å². The zero-order chi connectivity index (χ0) is 15.8. The highest BCUT2D eigenvalue weighted by atomic mass is 35.5. The Morgan fingerprint density at radius 3 is 2.77 bits per heavy atom. The minimum atomic E-state index is -0.226. The number of carbonyl (C=O) groups is 1. The van der Waals surface area contributed by atoms with Gasteiger partial charge in [-0.15, -0.1) is 0 Å². The number of rotatable bonds is 5. The molecule has 0 heterocycles. The Bertz CT molecular complexity index is 668. The maximum Gasteiger partial charge on any atom is 0.318 e. The minimum absolute atomic E-state index is 0.226. The zero-order valence-electron chi connectivity index (χ0n) is 12.5. The second-order valence-corrected chi connectivity index (χ2v) is 5.40. The normalized spacial score (nSPS) is 10.6. The van der Waals surface area contributed by atoms with E-state index in [1.807, 2.05) is 30.3 Å². The van der Waals surface area contributed by atoms with Crippen LogP contribution in [0.4, 0.5) is 4.79 Å². The summed E-state index contributed by atoms with van der Waals surface area (Å²) in [4.78, 5) is 11.7. The van der Waals surface area contributed by atoms with Crippen LogP contribution >= 0.6 is 11.6 Å². The van der Waals surface area contributed by atoms with Crippen molar-refractivity contribution in [3.05, 3.63) is 76.4 Å². The van der Waals surface area contributed by atoms with Gasteiger partial charge in [0.15, 0.2) is 0 Å². The molecule has 0 aromatic heterocycles. The maximum atomic E-state index is 11.7. The van der Waals surface area contributed by atoms with E-state index in [-0.39, 0.29) is 6.03 Å².